The van der Waals surface area contributed by atoms with Crippen LogP contribution in [0.1, 0.15) is 39.5 Å². The van der Waals surface area contributed by atoms with Crippen molar-refractivity contribution >= 4 is 9.84 Å². The summed E-state index contributed by atoms with van der Waals surface area (Å²) in [6.45, 7) is 6.64. The van der Waals surface area contributed by atoms with Crippen LogP contribution in [0.25, 0.3) is 0 Å². The molecule has 0 aliphatic carbocycles. The van der Waals surface area contributed by atoms with E-state index in [9.17, 15) is 8.42 Å². The molecule has 0 aromatic heterocycles. The van der Waals surface area contributed by atoms with E-state index in [1.807, 2.05) is 13.8 Å². The molecule has 0 fully saturated rings. The van der Waals surface area contributed by atoms with Gasteiger partial charge in [0.1, 0.15) is 9.84 Å². The average Bonchev–Trinajstić information content (AvgIpc) is 2.44. The number of ether oxygens (including phenoxy) is 3. The smallest absolute Gasteiger partial charge is 0.150 e. The molecule has 20 heavy (non-hydrogen) atoms. The Hall–Kier alpha value is -0.170. The van der Waals surface area contributed by atoms with Crippen molar-refractivity contribution in [2.75, 3.05) is 52.2 Å². The highest BCUT2D eigenvalue weighted by Gasteiger charge is 2.07. The summed E-state index contributed by atoms with van der Waals surface area (Å²) in [6, 6.07) is 0. The molecule has 0 rings (SSSR count). The topological polar surface area (TPSA) is 61.8 Å². The molecule has 0 amide bonds. The van der Waals surface area contributed by atoms with E-state index in [0.29, 0.717) is 37.9 Å². The summed E-state index contributed by atoms with van der Waals surface area (Å²) in [4.78, 5) is 0. The standard InChI is InChI=1S/C8H18O2S.C6H14O3/c1-3-5-7-11(9,10)8-6-4-2;1-7-3-5-9-6-4-8-2/h3-8H2,1-2H3;3-6H2,1-2H3. The van der Waals surface area contributed by atoms with Crippen molar-refractivity contribution in [1.82, 2.24) is 0 Å². The molecule has 6 heteroatoms. The fourth-order valence-corrected chi connectivity index (χ4v) is 2.88. The highest BCUT2D eigenvalue weighted by atomic mass is 32.2. The summed E-state index contributed by atoms with van der Waals surface area (Å²) in [5, 5.41) is 0. The second-order valence-corrected chi connectivity index (χ2v) is 6.76. The van der Waals surface area contributed by atoms with E-state index in [4.69, 9.17) is 14.2 Å². The van der Waals surface area contributed by atoms with Gasteiger partial charge in [0.2, 0.25) is 0 Å². The molecule has 0 saturated carbocycles. The SMILES string of the molecule is CCCCS(=O)(=O)CCCC.COCCOCCOC. The zero-order valence-corrected chi connectivity index (χ0v) is 14.3. The lowest BCUT2D eigenvalue weighted by molar-refractivity contribution is 0.0385. The number of sulfone groups is 1. The zero-order chi connectivity index (χ0) is 15.7. The second kappa shape index (κ2) is 16.9. The molecule has 0 unspecified atom stereocenters. The fraction of sp³-hybridized carbons (Fsp3) is 1.00. The minimum Gasteiger partial charge on any atom is -0.382 e. The number of hydrogen-bond acceptors (Lipinski definition) is 5. The second-order valence-electron chi connectivity index (χ2n) is 4.46. The summed E-state index contributed by atoms with van der Waals surface area (Å²) in [6.07, 6.45) is 3.55. The van der Waals surface area contributed by atoms with Gasteiger partial charge in [-0.1, -0.05) is 26.7 Å². The van der Waals surface area contributed by atoms with E-state index in [2.05, 4.69) is 0 Å². The molecule has 0 radical (unpaired) electrons. The Morgan fingerprint density at radius 3 is 1.45 bits per heavy atom. The van der Waals surface area contributed by atoms with Gasteiger partial charge in [0, 0.05) is 14.2 Å². The zero-order valence-electron chi connectivity index (χ0n) is 13.5. The third-order valence-corrected chi connectivity index (χ3v) is 4.30. The lowest BCUT2D eigenvalue weighted by atomic mass is 10.4. The largest absolute Gasteiger partial charge is 0.382 e. The molecule has 0 aromatic carbocycles. The van der Waals surface area contributed by atoms with Crippen LogP contribution < -0.4 is 0 Å². The van der Waals surface area contributed by atoms with Crippen LogP contribution in [0.3, 0.4) is 0 Å². The maximum atomic E-state index is 11.1. The first-order valence-corrected chi connectivity index (χ1v) is 9.12. The molecule has 124 valence electrons. The summed E-state index contributed by atoms with van der Waals surface area (Å²) >= 11 is 0. The van der Waals surface area contributed by atoms with E-state index < -0.39 is 9.84 Å². The van der Waals surface area contributed by atoms with Gasteiger partial charge in [-0.3, -0.25) is 0 Å². The summed E-state index contributed by atoms with van der Waals surface area (Å²) in [5.41, 5.74) is 0. The number of methoxy groups -OCH3 is 2. The quantitative estimate of drug-likeness (QED) is 0.517. The monoisotopic (exact) mass is 312 g/mol. The predicted octanol–water partition coefficient (Wildman–Crippen LogP) is 2.30. The Labute approximate surface area is 124 Å². The maximum absolute atomic E-state index is 11.1. The highest BCUT2D eigenvalue weighted by Crippen LogP contribution is 2.00. The minimum absolute atomic E-state index is 0.378. The predicted molar refractivity (Wildman–Crippen MR) is 83.0 cm³/mol. The van der Waals surface area contributed by atoms with E-state index >= 15 is 0 Å². The highest BCUT2D eigenvalue weighted by molar-refractivity contribution is 7.91. The first kappa shape index (κ1) is 22.1. The van der Waals surface area contributed by atoms with Crippen molar-refractivity contribution in [2.24, 2.45) is 0 Å². The van der Waals surface area contributed by atoms with Crippen molar-refractivity contribution < 1.29 is 22.6 Å². The van der Waals surface area contributed by atoms with E-state index in [1.165, 1.54) is 0 Å². The minimum atomic E-state index is -2.71. The number of unbranched alkanes of at least 4 members (excludes halogenated alkanes) is 2. The lowest BCUT2D eigenvalue weighted by Gasteiger charge is -2.00. The Bertz CT molecular complexity index is 245. The molecular formula is C14H32O5S. The van der Waals surface area contributed by atoms with Crippen molar-refractivity contribution in [1.29, 1.82) is 0 Å². The van der Waals surface area contributed by atoms with Crippen LogP contribution in [-0.4, -0.2) is 60.6 Å². The molecule has 5 nitrogen and oxygen atoms in total. The molecule has 0 spiro atoms. The van der Waals surface area contributed by atoms with Gasteiger partial charge < -0.3 is 14.2 Å². The molecular weight excluding hydrogens is 280 g/mol. The van der Waals surface area contributed by atoms with Gasteiger partial charge in [-0.25, -0.2) is 8.42 Å². The van der Waals surface area contributed by atoms with E-state index in [-0.39, 0.29) is 0 Å². The molecule has 0 aromatic rings. The van der Waals surface area contributed by atoms with Crippen LogP contribution in [0.2, 0.25) is 0 Å². The Kier molecular flexibility index (Phi) is 18.7. The van der Waals surface area contributed by atoms with Gasteiger partial charge in [-0.05, 0) is 12.8 Å². The fourth-order valence-electron chi connectivity index (χ4n) is 1.22. The Morgan fingerprint density at radius 1 is 0.750 bits per heavy atom. The molecule has 0 aliphatic heterocycles. The summed E-state index contributed by atoms with van der Waals surface area (Å²) in [7, 11) is 0.599. The van der Waals surface area contributed by atoms with Crippen LogP contribution in [0.5, 0.6) is 0 Å². The first-order valence-electron chi connectivity index (χ1n) is 7.30. The third-order valence-electron chi connectivity index (χ3n) is 2.48. The summed E-state index contributed by atoms with van der Waals surface area (Å²) < 4.78 is 36.9. The Balaban J connectivity index is 0. The van der Waals surface area contributed by atoms with Crippen molar-refractivity contribution in [2.45, 2.75) is 39.5 Å². The third kappa shape index (κ3) is 20.2. The van der Waals surface area contributed by atoms with Crippen molar-refractivity contribution in [3.8, 4) is 0 Å². The summed E-state index contributed by atoms with van der Waals surface area (Å²) in [5.74, 6) is 0.757. The van der Waals surface area contributed by atoms with Gasteiger partial charge in [-0.2, -0.15) is 0 Å². The number of rotatable bonds is 12. The van der Waals surface area contributed by atoms with Crippen LogP contribution in [0.15, 0.2) is 0 Å². The van der Waals surface area contributed by atoms with Gasteiger partial charge in [0.25, 0.3) is 0 Å². The normalized spacial score (nSPS) is 11.0. The van der Waals surface area contributed by atoms with Crippen LogP contribution in [-0.2, 0) is 24.0 Å². The molecule has 0 atom stereocenters. The molecule has 0 aliphatic rings. The Morgan fingerprint density at radius 2 is 1.15 bits per heavy atom. The van der Waals surface area contributed by atoms with Gasteiger partial charge in [0.05, 0.1) is 37.9 Å². The molecule has 0 bridgehead atoms. The lowest BCUT2D eigenvalue weighted by Crippen LogP contribution is -2.10. The maximum Gasteiger partial charge on any atom is 0.150 e. The van der Waals surface area contributed by atoms with Crippen LogP contribution >= 0.6 is 0 Å². The van der Waals surface area contributed by atoms with Gasteiger partial charge in [0.15, 0.2) is 0 Å². The molecule has 0 N–H and O–H groups in total. The van der Waals surface area contributed by atoms with Gasteiger partial charge >= 0.3 is 0 Å². The van der Waals surface area contributed by atoms with Gasteiger partial charge in [-0.15, -0.1) is 0 Å². The van der Waals surface area contributed by atoms with Crippen molar-refractivity contribution in [3.05, 3.63) is 0 Å². The molecule has 0 heterocycles. The first-order chi connectivity index (χ1) is 9.54. The van der Waals surface area contributed by atoms with E-state index in [1.54, 1.807) is 14.2 Å². The van der Waals surface area contributed by atoms with Crippen molar-refractivity contribution in [3.63, 3.8) is 0 Å². The van der Waals surface area contributed by atoms with Crippen LogP contribution in [0, 0.1) is 0 Å². The number of hydrogen-bond donors (Lipinski definition) is 0. The van der Waals surface area contributed by atoms with E-state index in [0.717, 1.165) is 25.7 Å². The van der Waals surface area contributed by atoms with Crippen LogP contribution in [0.4, 0.5) is 0 Å². The average molecular weight is 312 g/mol. The molecule has 0 saturated heterocycles.